The van der Waals surface area contributed by atoms with E-state index in [1.807, 2.05) is 29.2 Å². The Bertz CT molecular complexity index is 714. The number of sulfonamides is 1. The maximum Gasteiger partial charge on any atom is 0.264 e. The van der Waals surface area contributed by atoms with Crippen molar-refractivity contribution < 1.29 is 13.2 Å². The number of benzene rings is 1. The van der Waals surface area contributed by atoms with E-state index in [2.05, 4.69) is 0 Å². The molecule has 0 radical (unpaired) electrons. The number of amides is 1. The van der Waals surface area contributed by atoms with Crippen LogP contribution in [0.2, 0.25) is 0 Å². The van der Waals surface area contributed by atoms with Crippen molar-refractivity contribution in [3.63, 3.8) is 0 Å². The topological polar surface area (TPSA) is 63.2 Å². The van der Waals surface area contributed by atoms with E-state index in [1.165, 1.54) is 29.5 Å². The minimum absolute atomic E-state index is 0.0703. The molecule has 0 unspecified atom stereocenters. The van der Waals surface area contributed by atoms with E-state index in [9.17, 15) is 13.2 Å². The molecule has 0 aliphatic carbocycles. The second-order valence-corrected chi connectivity index (χ2v) is 6.79. The summed E-state index contributed by atoms with van der Waals surface area (Å²) in [7, 11) is -3.81. The quantitative estimate of drug-likeness (QED) is 0.883. The minimum Gasteiger partial charge on any atom is -0.269 e. The summed E-state index contributed by atoms with van der Waals surface area (Å²) in [4.78, 5) is 12.6. The highest BCUT2D eigenvalue weighted by Crippen LogP contribution is 2.11. The zero-order valence-electron chi connectivity index (χ0n) is 10.7. The van der Waals surface area contributed by atoms with Gasteiger partial charge >= 0.3 is 0 Å². The van der Waals surface area contributed by atoms with Crippen molar-refractivity contribution in [2.24, 2.45) is 0 Å². The monoisotopic (exact) mass is 307 g/mol. The first-order chi connectivity index (χ1) is 9.47. The van der Waals surface area contributed by atoms with Crippen LogP contribution in [-0.4, -0.2) is 14.3 Å². The van der Waals surface area contributed by atoms with Crippen molar-refractivity contribution in [3.05, 3.63) is 58.3 Å². The van der Waals surface area contributed by atoms with Crippen molar-refractivity contribution in [1.82, 2.24) is 4.72 Å². The lowest BCUT2D eigenvalue weighted by atomic mass is 10.2. The van der Waals surface area contributed by atoms with Gasteiger partial charge in [0.1, 0.15) is 0 Å². The molecule has 0 spiro atoms. The predicted octanol–water partition coefficient (Wildman–Crippen LogP) is 2.57. The fraction of sp³-hybridized carbons (Fsp3) is 0.0714. The molecule has 2 rings (SSSR count). The Hall–Kier alpha value is -1.92. The van der Waals surface area contributed by atoms with E-state index in [-0.39, 0.29) is 4.90 Å². The van der Waals surface area contributed by atoms with Gasteiger partial charge in [-0.1, -0.05) is 23.8 Å². The van der Waals surface area contributed by atoms with Gasteiger partial charge in [0.25, 0.3) is 15.9 Å². The first-order valence-corrected chi connectivity index (χ1v) is 8.19. The Morgan fingerprint density at radius 1 is 1.20 bits per heavy atom. The molecule has 0 aliphatic rings. The SMILES string of the molecule is Cc1ccc(S(=O)(=O)NC(=O)/C=C/c2cccs2)cc1. The highest BCUT2D eigenvalue weighted by atomic mass is 32.2. The molecule has 2 aromatic rings. The fourth-order valence-corrected chi connectivity index (χ4v) is 3.05. The summed E-state index contributed by atoms with van der Waals surface area (Å²) >= 11 is 1.46. The molecule has 6 heteroatoms. The standard InChI is InChI=1S/C14H13NO3S2/c1-11-4-7-13(8-5-11)20(17,18)15-14(16)9-6-12-3-2-10-19-12/h2-10H,1H3,(H,15,16)/b9-6+. The van der Waals surface area contributed by atoms with E-state index in [0.717, 1.165) is 10.4 Å². The van der Waals surface area contributed by atoms with Crippen molar-refractivity contribution in [3.8, 4) is 0 Å². The predicted molar refractivity (Wildman–Crippen MR) is 79.9 cm³/mol. The lowest BCUT2D eigenvalue weighted by molar-refractivity contribution is -0.114. The summed E-state index contributed by atoms with van der Waals surface area (Å²) in [5, 5.41) is 1.88. The fourth-order valence-electron chi connectivity index (χ4n) is 1.49. The van der Waals surface area contributed by atoms with Crippen LogP contribution in [0.5, 0.6) is 0 Å². The lowest BCUT2D eigenvalue weighted by Crippen LogP contribution is -2.28. The van der Waals surface area contributed by atoms with Crippen molar-refractivity contribution >= 4 is 33.3 Å². The molecule has 0 aliphatic heterocycles. The van der Waals surface area contributed by atoms with E-state index in [1.54, 1.807) is 18.2 Å². The Kier molecular flexibility index (Phi) is 4.36. The first kappa shape index (κ1) is 14.5. The maximum atomic E-state index is 12.0. The molecule has 1 N–H and O–H groups in total. The van der Waals surface area contributed by atoms with Gasteiger partial charge in [0.2, 0.25) is 0 Å². The number of aryl methyl sites for hydroxylation is 1. The van der Waals surface area contributed by atoms with Crippen LogP contribution in [0.4, 0.5) is 0 Å². The number of thiophene rings is 1. The molecule has 0 atom stereocenters. The van der Waals surface area contributed by atoms with Crippen molar-refractivity contribution in [2.75, 3.05) is 0 Å². The molecular formula is C14H13NO3S2. The zero-order chi connectivity index (χ0) is 14.6. The average Bonchev–Trinajstić information content (AvgIpc) is 2.89. The summed E-state index contributed by atoms with van der Waals surface area (Å²) in [6, 6.07) is 9.98. The minimum atomic E-state index is -3.81. The Morgan fingerprint density at radius 2 is 1.90 bits per heavy atom. The summed E-state index contributed by atoms with van der Waals surface area (Å²) in [6.45, 7) is 1.86. The van der Waals surface area contributed by atoms with Crippen LogP contribution in [0.3, 0.4) is 0 Å². The van der Waals surface area contributed by atoms with E-state index in [0.29, 0.717) is 0 Å². The largest absolute Gasteiger partial charge is 0.269 e. The van der Waals surface area contributed by atoms with Gasteiger partial charge in [0.15, 0.2) is 0 Å². The van der Waals surface area contributed by atoms with E-state index >= 15 is 0 Å². The maximum absolute atomic E-state index is 12.0. The van der Waals surface area contributed by atoms with Crippen molar-refractivity contribution in [2.45, 2.75) is 11.8 Å². The normalized spacial score (nSPS) is 11.7. The average molecular weight is 307 g/mol. The molecule has 1 aromatic heterocycles. The molecule has 0 bridgehead atoms. The number of hydrogen-bond acceptors (Lipinski definition) is 4. The van der Waals surface area contributed by atoms with Crippen LogP contribution in [0.25, 0.3) is 6.08 Å². The molecular weight excluding hydrogens is 294 g/mol. The molecule has 0 fully saturated rings. The Balaban J connectivity index is 2.08. The summed E-state index contributed by atoms with van der Waals surface area (Å²) in [5.41, 5.74) is 0.952. The molecule has 1 amide bonds. The summed E-state index contributed by atoms with van der Waals surface area (Å²) in [5.74, 6) is -0.668. The smallest absolute Gasteiger partial charge is 0.264 e. The summed E-state index contributed by atoms with van der Waals surface area (Å²) in [6.07, 6.45) is 2.78. The van der Waals surface area contributed by atoms with Gasteiger partial charge in [-0.25, -0.2) is 13.1 Å². The number of hydrogen-bond donors (Lipinski definition) is 1. The van der Waals surface area contributed by atoms with Gasteiger partial charge < -0.3 is 0 Å². The number of carbonyl (C=O) groups is 1. The van der Waals surface area contributed by atoms with Gasteiger partial charge in [-0.3, -0.25) is 4.79 Å². The second kappa shape index (κ2) is 6.02. The van der Waals surface area contributed by atoms with E-state index in [4.69, 9.17) is 0 Å². The third-order valence-electron chi connectivity index (χ3n) is 2.51. The van der Waals surface area contributed by atoms with Crippen LogP contribution in [0.15, 0.2) is 52.7 Å². The lowest BCUT2D eigenvalue weighted by Gasteiger charge is -2.04. The molecule has 20 heavy (non-hydrogen) atoms. The Labute approximate surface area is 121 Å². The van der Waals surface area contributed by atoms with Crippen LogP contribution in [-0.2, 0) is 14.8 Å². The highest BCUT2D eigenvalue weighted by molar-refractivity contribution is 7.90. The highest BCUT2D eigenvalue weighted by Gasteiger charge is 2.15. The molecule has 0 saturated heterocycles. The number of nitrogens with one attached hydrogen (secondary N) is 1. The molecule has 0 saturated carbocycles. The van der Waals surface area contributed by atoms with Gasteiger partial charge in [-0.15, -0.1) is 11.3 Å². The van der Waals surface area contributed by atoms with Gasteiger partial charge in [0.05, 0.1) is 4.90 Å². The number of rotatable bonds is 4. The molecule has 1 heterocycles. The third kappa shape index (κ3) is 3.79. The zero-order valence-corrected chi connectivity index (χ0v) is 12.4. The third-order valence-corrected chi connectivity index (χ3v) is 4.71. The molecule has 1 aromatic carbocycles. The first-order valence-electron chi connectivity index (χ1n) is 5.82. The van der Waals surface area contributed by atoms with Gasteiger partial charge in [-0.2, -0.15) is 0 Å². The van der Waals surface area contributed by atoms with Crippen LogP contribution < -0.4 is 4.72 Å². The summed E-state index contributed by atoms with van der Waals surface area (Å²) < 4.78 is 25.9. The Morgan fingerprint density at radius 3 is 2.50 bits per heavy atom. The van der Waals surface area contributed by atoms with E-state index < -0.39 is 15.9 Å². The number of carbonyl (C=O) groups excluding carboxylic acids is 1. The van der Waals surface area contributed by atoms with Gasteiger partial charge in [0, 0.05) is 11.0 Å². The molecule has 104 valence electrons. The van der Waals surface area contributed by atoms with Crippen LogP contribution >= 0.6 is 11.3 Å². The molecule has 4 nitrogen and oxygen atoms in total. The van der Waals surface area contributed by atoms with Gasteiger partial charge in [-0.05, 0) is 36.6 Å². The van der Waals surface area contributed by atoms with Crippen molar-refractivity contribution in [1.29, 1.82) is 0 Å². The second-order valence-electron chi connectivity index (χ2n) is 4.13. The van der Waals surface area contributed by atoms with Crippen LogP contribution in [0.1, 0.15) is 10.4 Å². The van der Waals surface area contributed by atoms with Crippen LogP contribution in [0, 0.1) is 6.92 Å².